The van der Waals surface area contributed by atoms with Crippen LogP contribution in [0.25, 0.3) is 0 Å². The van der Waals surface area contributed by atoms with Gasteiger partial charge < -0.3 is 0 Å². The zero-order chi connectivity index (χ0) is 13.5. The normalized spacial score (nSPS) is 12.9. The minimum atomic E-state index is 0.437. The zero-order valence-corrected chi connectivity index (χ0v) is 11.9. The van der Waals surface area contributed by atoms with Crippen LogP contribution >= 0.6 is 0 Å². The van der Waals surface area contributed by atoms with Gasteiger partial charge in [0.15, 0.2) is 0 Å². The van der Waals surface area contributed by atoms with Crippen molar-refractivity contribution in [2.75, 3.05) is 6.54 Å². The average molecular weight is 248 g/mol. The van der Waals surface area contributed by atoms with E-state index in [-0.39, 0.29) is 0 Å². The van der Waals surface area contributed by atoms with E-state index in [1.54, 1.807) is 0 Å². The topological polar surface area (TPSA) is 44.9 Å². The highest BCUT2D eigenvalue weighted by Crippen LogP contribution is 2.12. The SMILES string of the molecule is CCC(C)n1ccc(CN(CCC#N)C(C)C)n1. The van der Waals surface area contributed by atoms with Gasteiger partial charge in [0, 0.05) is 37.8 Å². The second-order valence-electron chi connectivity index (χ2n) is 5.02. The molecule has 0 radical (unpaired) electrons. The van der Waals surface area contributed by atoms with E-state index < -0.39 is 0 Å². The van der Waals surface area contributed by atoms with Crippen LogP contribution in [-0.4, -0.2) is 27.3 Å². The van der Waals surface area contributed by atoms with Crippen LogP contribution < -0.4 is 0 Å². The van der Waals surface area contributed by atoms with Crippen molar-refractivity contribution in [3.8, 4) is 6.07 Å². The Morgan fingerprint density at radius 3 is 2.72 bits per heavy atom. The first-order valence-corrected chi connectivity index (χ1v) is 6.73. The molecule has 1 aromatic rings. The van der Waals surface area contributed by atoms with Crippen LogP contribution in [0.1, 0.15) is 52.3 Å². The molecule has 0 saturated heterocycles. The lowest BCUT2D eigenvalue weighted by molar-refractivity contribution is 0.214. The quantitative estimate of drug-likeness (QED) is 0.745. The van der Waals surface area contributed by atoms with Gasteiger partial charge >= 0.3 is 0 Å². The molecule has 1 rings (SSSR count). The van der Waals surface area contributed by atoms with Gasteiger partial charge in [-0.1, -0.05) is 6.92 Å². The van der Waals surface area contributed by atoms with Gasteiger partial charge in [0.1, 0.15) is 0 Å². The van der Waals surface area contributed by atoms with Crippen LogP contribution in [-0.2, 0) is 6.54 Å². The van der Waals surface area contributed by atoms with E-state index >= 15 is 0 Å². The summed E-state index contributed by atoms with van der Waals surface area (Å²) in [5.74, 6) is 0. The zero-order valence-electron chi connectivity index (χ0n) is 11.9. The highest BCUT2D eigenvalue weighted by atomic mass is 15.3. The second-order valence-corrected chi connectivity index (χ2v) is 5.02. The van der Waals surface area contributed by atoms with Gasteiger partial charge in [0.2, 0.25) is 0 Å². The molecule has 1 heterocycles. The molecule has 0 aromatic carbocycles. The van der Waals surface area contributed by atoms with Crippen LogP contribution in [0.5, 0.6) is 0 Å². The Morgan fingerprint density at radius 2 is 2.17 bits per heavy atom. The van der Waals surface area contributed by atoms with E-state index in [4.69, 9.17) is 5.26 Å². The lowest BCUT2D eigenvalue weighted by Crippen LogP contribution is -2.31. The summed E-state index contributed by atoms with van der Waals surface area (Å²) in [4.78, 5) is 2.28. The van der Waals surface area contributed by atoms with Crippen molar-refractivity contribution in [3.05, 3.63) is 18.0 Å². The number of hydrogen-bond donors (Lipinski definition) is 0. The maximum Gasteiger partial charge on any atom is 0.0765 e. The van der Waals surface area contributed by atoms with Crippen LogP contribution in [0.2, 0.25) is 0 Å². The van der Waals surface area contributed by atoms with Gasteiger partial charge in [-0.15, -0.1) is 0 Å². The van der Waals surface area contributed by atoms with Crippen molar-refractivity contribution in [3.63, 3.8) is 0 Å². The van der Waals surface area contributed by atoms with E-state index in [2.05, 4.69) is 49.8 Å². The first-order valence-electron chi connectivity index (χ1n) is 6.73. The van der Waals surface area contributed by atoms with E-state index in [0.717, 1.165) is 25.2 Å². The molecule has 0 spiro atoms. The molecular formula is C14H24N4. The van der Waals surface area contributed by atoms with E-state index in [1.165, 1.54) is 0 Å². The van der Waals surface area contributed by atoms with Crippen molar-refractivity contribution in [1.29, 1.82) is 5.26 Å². The fourth-order valence-corrected chi connectivity index (χ4v) is 1.82. The van der Waals surface area contributed by atoms with Crippen LogP contribution in [0.15, 0.2) is 12.3 Å². The molecule has 100 valence electrons. The summed E-state index contributed by atoms with van der Waals surface area (Å²) in [6.45, 7) is 10.3. The molecule has 0 aliphatic carbocycles. The Labute approximate surface area is 110 Å². The maximum atomic E-state index is 8.68. The lowest BCUT2D eigenvalue weighted by atomic mass is 10.2. The molecule has 18 heavy (non-hydrogen) atoms. The minimum Gasteiger partial charge on any atom is -0.294 e. The number of aromatic nitrogens is 2. The van der Waals surface area contributed by atoms with Gasteiger partial charge in [0.05, 0.1) is 11.8 Å². The Morgan fingerprint density at radius 1 is 1.44 bits per heavy atom. The lowest BCUT2D eigenvalue weighted by Gasteiger charge is -2.24. The molecule has 4 heteroatoms. The predicted molar refractivity (Wildman–Crippen MR) is 73.0 cm³/mol. The van der Waals surface area contributed by atoms with Crippen LogP contribution in [0.3, 0.4) is 0 Å². The van der Waals surface area contributed by atoms with Crippen molar-refractivity contribution < 1.29 is 0 Å². The first-order chi connectivity index (χ1) is 8.58. The average Bonchev–Trinajstić information content (AvgIpc) is 2.81. The van der Waals surface area contributed by atoms with Gasteiger partial charge in [-0.3, -0.25) is 9.58 Å². The smallest absolute Gasteiger partial charge is 0.0765 e. The molecule has 0 amide bonds. The predicted octanol–water partition coefficient (Wildman–Crippen LogP) is 2.98. The van der Waals surface area contributed by atoms with Crippen molar-refractivity contribution >= 4 is 0 Å². The summed E-state index contributed by atoms with van der Waals surface area (Å²) in [6.07, 6.45) is 3.71. The number of rotatable bonds is 7. The molecule has 0 saturated carbocycles. The standard InChI is InChI=1S/C14H24N4/c1-5-13(4)18-10-7-14(16-18)11-17(12(2)3)9-6-8-15/h7,10,12-13H,5-6,9,11H2,1-4H3. The van der Waals surface area contributed by atoms with E-state index in [9.17, 15) is 0 Å². The molecule has 0 N–H and O–H groups in total. The van der Waals surface area contributed by atoms with Gasteiger partial charge in [-0.2, -0.15) is 10.4 Å². The highest BCUT2D eigenvalue weighted by molar-refractivity contribution is 5.00. The molecule has 1 aromatic heterocycles. The summed E-state index contributed by atoms with van der Waals surface area (Å²) >= 11 is 0. The molecule has 4 nitrogen and oxygen atoms in total. The number of nitriles is 1. The Hall–Kier alpha value is -1.34. The fourth-order valence-electron chi connectivity index (χ4n) is 1.82. The van der Waals surface area contributed by atoms with Crippen molar-refractivity contribution in [2.24, 2.45) is 0 Å². The molecule has 0 aliphatic rings. The third-order valence-corrected chi connectivity index (χ3v) is 3.31. The minimum absolute atomic E-state index is 0.437. The first kappa shape index (κ1) is 14.7. The number of nitrogens with zero attached hydrogens (tertiary/aromatic N) is 4. The summed E-state index contributed by atoms with van der Waals surface area (Å²) < 4.78 is 2.03. The Bertz CT molecular complexity index is 389. The maximum absolute atomic E-state index is 8.68. The highest BCUT2D eigenvalue weighted by Gasteiger charge is 2.12. The molecule has 0 aliphatic heterocycles. The summed E-state index contributed by atoms with van der Waals surface area (Å²) in [5, 5.41) is 13.3. The monoisotopic (exact) mass is 248 g/mol. The van der Waals surface area contributed by atoms with Crippen LogP contribution in [0.4, 0.5) is 0 Å². The van der Waals surface area contributed by atoms with Gasteiger partial charge in [0.25, 0.3) is 0 Å². The second kappa shape index (κ2) is 7.17. The molecule has 0 bridgehead atoms. The van der Waals surface area contributed by atoms with E-state index in [0.29, 0.717) is 18.5 Å². The Balaban J connectivity index is 2.64. The van der Waals surface area contributed by atoms with Gasteiger partial charge in [-0.25, -0.2) is 0 Å². The summed E-state index contributed by atoms with van der Waals surface area (Å²) in [7, 11) is 0. The molecule has 1 atom stereocenters. The molecule has 0 fully saturated rings. The Kier molecular flexibility index (Phi) is 5.87. The third-order valence-electron chi connectivity index (χ3n) is 3.31. The number of hydrogen-bond acceptors (Lipinski definition) is 3. The van der Waals surface area contributed by atoms with E-state index in [1.807, 2.05) is 10.9 Å². The van der Waals surface area contributed by atoms with Gasteiger partial charge in [-0.05, 0) is 33.3 Å². The molecular weight excluding hydrogens is 224 g/mol. The van der Waals surface area contributed by atoms with Crippen molar-refractivity contribution in [1.82, 2.24) is 14.7 Å². The largest absolute Gasteiger partial charge is 0.294 e. The molecule has 1 unspecified atom stereocenters. The van der Waals surface area contributed by atoms with Crippen LogP contribution in [0, 0.1) is 11.3 Å². The summed E-state index contributed by atoms with van der Waals surface area (Å²) in [5.41, 5.74) is 1.09. The third kappa shape index (κ3) is 4.15. The summed E-state index contributed by atoms with van der Waals surface area (Å²) in [6, 6.07) is 5.17. The fraction of sp³-hybridized carbons (Fsp3) is 0.714. The van der Waals surface area contributed by atoms with Crippen molar-refractivity contribution in [2.45, 2.75) is 59.2 Å².